The van der Waals surface area contributed by atoms with Crippen LogP contribution in [0.25, 0.3) is 0 Å². The Morgan fingerprint density at radius 1 is 1.31 bits per heavy atom. The van der Waals surface area contributed by atoms with Crippen LogP contribution in [-0.2, 0) is 14.3 Å². The van der Waals surface area contributed by atoms with Gasteiger partial charge < -0.3 is 14.8 Å². The number of carbonyl (C=O) groups excluding carboxylic acids is 1. The van der Waals surface area contributed by atoms with Gasteiger partial charge in [0, 0.05) is 0 Å². The first kappa shape index (κ1) is 10.8. The highest BCUT2D eigenvalue weighted by molar-refractivity contribution is 6.33. The molecule has 0 atom stereocenters. The number of benzene rings is 1. The topological polar surface area (TPSA) is 47.6 Å². The molecule has 0 spiro atoms. The van der Waals surface area contributed by atoms with Crippen molar-refractivity contribution in [3.8, 4) is 0 Å². The molecule has 0 bridgehead atoms. The summed E-state index contributed by atoms with van der Waals surface area (Å²) in [5.41, 5.74) is 0.546. The average Bonchev–Trinajstić information content (AvgIpc) is 2.33. The molecule has 1 aliphatic heterocycles. The fraction of sp³-hybridized carbons (Fsp3) is 0.182. The van der Waals surface area contributed by atoms with Crippen LogP contribution in [0.3, 0.4) is 0 Å². The van der Waals surface area contributed by atoms with Crippen molar-refractivity contribution < 1.29 is 14.3 Å². The van der Waals surface area contributed by atoms with Crippen LogP contribution in [0, 0.1) is 0 Å². The summed E-state index contributed by atoms with van der Waals surface area (Å²) in [6.07, 6.45) is 1.30. The van der Waals surface area contributed by atoms with E-state index in [4.69, 9.17) is 21.1 Å². The van der Waals surface area contributed by atoms with Crippen LogP contribution >= 0.6 is 11.6 Å². The monoisotopic (exact) mass is 239 g/mol. The van der Waals surface area contributed by atoms with Crippen molar-refractivity contribution in [3.63, 3.8) is 0 Å². The van der Waals surface area contributed by atoms with Gasteiger partial charge in [0.1, 0.15) is 19.5 Å². The summed E-state index contributed by atoms with van der Waals surface area (Å²) in [6, 6.07) is 6.99. The maximum absolute atomic E-state index is 11.7. The van der Waals surface area contributed by atoms with Crippen molar-refractivity contribution in [1.29, 1.82) is 0 Å². The Labute approximate surface area is 97.8 Å². The molecule has 1 aromatic rings. The molecule has 0 saturated heterocycles. The number of amides is 1. The van der Waals surface area contributed by atoms with Gasteiger partial charge in [0.05, 0.1) is 10.7 Å². The van der Waals surface area contributed by atoms with E-state index in [0.717, 1.165) is 0 Å². The molecule has 16 heavy (non-hydrogen) atoms. The van der Waals surface area contributed by atoms with Gasteiger partial charge in [0.25, 0.3) is 5.91 Å². The zero-order chi connectivity index (χ0) is 11.4. The van der Waals surface area contributed by atoms with Crippen molar-refractivity contribution in [3.05, 3.63) is 41.3 Å². The molecule has 1 aromatic carbocycles. The number of hydrogen-bond acceptors (Lipinski definition) is 3. The molecule has 1 heterocycles. The Balaban J connectivity index is 2.07. The maximum atomic E-state index is 11.7. The smallest absolute Gasteiger partial charge is 0.294 e. The van der Waals surface area contributed by atoms with E-state index in [-0.39, 0.29) is 11.7 Å². The number of carbonyl (C=O) groups is 1. The first-order valence-electron chi connectivity index (χ1n) is 4.78. The normalized spacial score (nSPS) is 14.4. The SMILES string of the molecule is O=C(Nc1ccccc1Cl)C1=COCCO1. The minimum atomic E-state index is -0.368. The van der Waals surface area contributed by atoms with Gasteiger partial charge in [0.2, 0.25) is 5.76 Å². The van der Waals surface area contributed by atoms with Crippen LogP contribution in [0.5, 0.6) is 0 Å². The lowest BCUT2D eigenvalue weighted by Gasteiger charge is -2.15. The number of nitrogens with one attached hydrogen (secondary N) is 1. The number of hydrogen-bond donors (Lipinski definition) is 1. The van der Waals surface area contributed by atoms with Crippen molar-refractivity contribution in [2.24, 2.45) is 0 Å². The molecule has 84 valence electrons. The van der Waals surface area contributed by atoms with Crippen molar-refractivity contribution >= 4 is 23.2 Å². The molecule has 1 N–H and O–H groups in total. The van der Waals surface area contributed by atoms with Crippen LogP contribution in [0.15, 0.2) is 36.3 Å². The molecule has 0 aromatic heterocycles. The summed E-state index contributed by atoms with van der Waals surface area (Å²) >= 11 is 5.90. The summed E-state index contributed by atoms with van der Waals surface area (Å²) < 4.78 is 10.1. The average molecular weight is 240 g/mol. The predicted octanol–water partition coefficient (Wildman–Crippen LogP) is 2.17. The van der Waals surface area contributed by atoms with E-state index in [0.29, 0.717) is 23.9 Å². The number of para-hydroxylation sites is 1. The van der Waals surface area contributed by atoms with Gasteiger partial charge >= 0.3 is 0 Å². The number of ether oxygens (including phenoxy) is 2. The first-order valence-corrected chi connectivity index (χ1v) is 5.15. The lowest BCUT2D eigenvalue weighted by molar-refractivity contribution is -0.117. The molecule has 1 aliphatic rings. The molecular weight excluding hydrogens is 230 g/mol. The van der Waals surface area contributed by atoms with E-state index < -0.39 is 0 Å². The molecule has 0 unspecified atom stereocenters. The third-order valence-corrected chi connectivity index (χ3v) is 2.32. The van der Waals surface area contributed by atoms with Gasteiger partial charge in [-0.2, -0.15) is 0 Å². The molecule has 0 radical (unpaired) electrons. The third kappa shape index (κ3) is 2.46. The summed E-state index contributed by atoms with van der Waals surface area (Å²) in [4.78, 5) is 11.7. The predicted molar refractivity (Wildman–Crippen MR) is 60.1 cm³/mol. The summed E-state index contributed by atoms with van der Waals surface area (Å²) in [7, 11) is 0. The van der Waals surface area contributed by atoms with Crippen LogP contribution < -0.4 is 5.32 Å². The highest BCUT2D eigenvalue weighted by Crippen LogP contribution is 2.21. The van der Waals surface area contributed by atoms with E-state index in [1.54, 1.807) is 24.3 Å². The van der Waals surface area contributed by atoms with Crippen molar-refractivity contribution in [2.75, 3.05) is 18.5 Å². The molecule has 0 fully saturated rings. The van der Waals surface area contributed by atoms with Gasteiger partial charge in [-0.15, -0.1) is 0 Å². The Kier molecular flexibility index (Phi) is 3.31. The van der Waals surface area contributed by atoms with Gasteiger partial charge in [-0.05, 0) is 12.1 Å². The van der Waals surface area contributed by atoms with E-state index in [1.165, 1.54) is 6.26 Å². The molecule has 4 nitrogen and oxygen atoms in total. The van der Waals surface area contributed by atoms with E-state index in [1.807, 2.05) is 0 Å². The molecular formula is C11H10ClNO3. The van der Waals surface area contributed by atoms with Gasteiger partial charge in [-0.1, -0.05) is 23.7 Å². The fourth-order valence-corrected chi connectivity index (χ4v) is 1.42. The second kappa shape index (κ2) is 4.90. The Morgan fingerprint density at radius 3 is 2.81 bits per heavy atom. The fourth-order valence-electron chi connectivity index (χ4n) is 1.23. The van der Waals surface area contributed by atoms with E-state index in [9.17, 15) is 4.79 Å². The largest absolute Gasteiger partial charge is 0.494 e. The van der Waals surface area contributed by atoms with E-state index >= 15 is 0 Å². The maximum Gasteiger partial charge on any atom is 0.294 e. The van der Waals surface area contributed by atoms with Crippen molar-refractivity contribution in [2.45, 2.75) is 0 Å². The summed E-state index contributed by atoms with van der Waals surface area (Å²) in [5, 5.41) is 3.12. The van der Waals surface area contributed by atoms with Crippen molar-refractivity contribution in [1.82, 2.24) is 0 Å². The highest BCUT2D eigenvalue weighted by atomic mass is 35.5. The van der Waals surface area contributed by atoms with Gasteiger partial charge in [-0.25, -0.2) is 0 Å². The molecule has 0 aliphatic carbocycles. The quantitative estimate of drug-likeness (QED) is 0.861. The number of rotatable bonds is 2. The zero-order valence-corrected chi connectivity index (χ0v) is 9.16. The second-order valence-electron chi connectivity index (χ2n) is 3.14. The van der Waals surface area contributed by atoms with Crippen LogP contribution in [0.2, 0.25) is 5.02 Å². The summed E-state index contributed by atoms with van der Waals surface area (Å²) in [6.45, 7) is 0.838. The lowest BCUT2D eigenvalue weighted by atomic mass is 10.3. The standard InChI is InChI=1S/C11H10ClNO3/c12-8-3-1-2-4-9(8)13-11(14)10-7-15-5-6-16-10/h1-4,7H,5-6H2,(H,13,14). The Hall–Kier alpha value is -1.68. The molecule has 5 heteroatoms. The van der Waals surface area contributed by atoms with Crippen LogP contribution in [-0.4, -0.2) is 19.1 Å². The Morgan fingerprint density at radius 2 is 2.12 bits per heavy atom. The van der Waals surface area contributed by atoms with Gasteiger partial charge in [0.15, 0.2) is 0 Å². The highest BCUT2D eigenvalue weighted by Gasteiger charge is 2.15. The number of halogens is 1. The second-order valence-corrected chi connectivity index (χ2v) is 3.54. The van der Waals surface area contributed by atoms with E-state index in [2.05, 4.69) is 5.32 Å². The zero-order valence-electron chi connectivity index (χ0n) is 8.40. The number of anilines is 1. The van der Waals surface area contributed by atoms with Gasteiger partial charge in [-0.3, -0.25) is 4.79 Å². The summed E-state index contributed by atoms with van der Waals surface area (Å²) in [5.74, 6) is -0.209. The minimum Gasteiger partial charge on any atom is -0.494 e. The Bertz CT molecular complexity index is 431. The molecule has 1 amide bonds. The minimum absolute atomic E-state index is 0.158. The first-order chi connectivity index (χ1) is 7.77. The van der Waals surface area contributed by atoms with Crippen LogP contribution in [0.4, 0.5) is 5.69 Å². The molecule has 2 rings (SSSR count). The molecule has 0 saturated carbocycles. The lowest BCUT2D eigenvalue weighted by Crippen LogP contribution is -2.21. The van der Waals surface area contributed by atoms with Crippen LogP contribution in [0.1, 0.15) is 0 Å². The third-order valence-electron chi connectivity index (χ3n) is 1.99.